The highest BCUT2D eigenvalue weighted by molar-refractivity contribution is 6.40. The van der Waals surface area contributed by atoms with Crippen LogP contribution in [0.1, 0.15) is 36.6 Å². The van der Waals surface area contributed by atoms with Crippen molar-refractivity contribution < 1.29 is 19.5 Å². The second kappa shape index (κ2) is 7.89. The fourth-order valence-electron chi connectivity index (χ4n) is 4.70. The first-order valence-electron chi connectivity index (χ1n) is 11.2. The Balaban J connectivity index is 1.25. The van der Waals surface area contributed by atoms with Crippen molar-refractivity contribution in [3.63, 3.8) is 0 Å². The molecule has 0 amide bonds. The number of carbonyl (C=O) groups is 3. The topological polar surface area (TPSA) is 71.4 Å². The molecule has 0 atom stereocenters. The molecule has 2 aliphatic rings. The summed E-state index contributed by atoms with van der Waals surface area (Å²) < 4.78 is 0. The molecule has 35 heavy (non-hydrogen) atoms. The van der Waals surface area contributed by atoms with Gasteiger partial charge in [-0.2, -0.15) is 0 Å². The Labute approximate surface area is 200 Å². The van der Waals surface area contributed by atoms with Crippen molar-refractivity contribution in [1.29, 1.82) is 0 Å². The number of Topliss-reactive ketones (excluding diaryl/α,β-unsaturated/α-hetero) is 3. The van der Waals surface area contributed by atoms with Crippen LogP contribution in [0.3, 0.4) is 0 Å². The summed E-state index contributed by atoms with van der Waals surface area (Å²) in [5, 5.41) is 14.3. The number of hydrogen-bond donors (Lipinski definition) is 1. The highest BCUT2D eigenvalue weighted by atomic mass is 16.3. The SMILES string of the molecule is O=C1C(=C/C=C/C=C/C2=C(O)c3cc4ccccc4cc3C2=O)C(=O)c2cc3ccccc3cc21. The molecule has 6 rings (SSSR count). The highest BCUT2D eigenvalue weighted by Crippen LogP contribution is 2.35. The van der Waals surface area contributed by atoms with Gasteiger partial charge in [-0.05, 0) is 58.0 Å². The normalized spacial score (nSPS) is 15.3. The number of aliphatic hydroxyl groups excluding tert-OH is 1. The Hall–Kier alpha value is -4.83. The summed E-state index contributed by atoms with van der Waals surface area (Å²) >= 11 is 0. The first kappa shape index (κ1) is 20.8. The minimum atomic E-state index is -0.293. The van der Waals surface area contributed by atoms with Crippen LogP contribution in [-0.2, 0) is 0 Å². The molecule has 0 radical (unpaired) electrons. The summed E-state index contributed by atoms with van der Waals surface area (Å²) in [6.07, 6.45) is 7.85. The predicted molar refractivity (Wildman–Crippen MR) is 137 cm³/mol. The molecule has 0 heterocycles. The van der Waals surface area contributed by atoms with Gasteiger partial charge in [0.05, 0.1) is 11.1 Å². The van der Waals surface area contributed by atoms with E-state index in [4.69, 9.17) is 0 Å². The molecule has 0 aromatic heterocycles. The monoisotopic (exact) mass is 454 g/mol. The molecule has 4 heteroatoms. The van der Waals surface area contributed by atoms with Gasteiger partial charge in [0.25, 0.3) is 0 Å². The van der Waals surface area contributed by atoms with Gasteiger partial charge in [-0.15, -0.1) is 0 Å². The molecule has 0 fully saturated rings. The van der Waals surface area contributed by atoms with Gasteiger partial charge < -0.3 is 5.11 Å². The molecule has 0 unspecified atom stereocenters. The second-order valence-electron chi connectivity index (χ2n) is 8.56. The van der Waals surface area contributed by atoms with Crippen molar-refractivity contribution in [2.24, 2.45) is 0 Å². The van der Waals surface area contributed by atoms with E-state index in [1.54, 1.807) is 36.4 Å². The molecular weight excluding hydrogens is 436 g/mol. The summed E-state index contributed by atoms with van der Waals surface area (Å²) in [5.41, 5.74) is 2.14. The predicted octanol–water partition coefficient (Wildman–Crippen LogP) is 6.58. The second-order valence-corrected chi connectivity index (χ2v) is 8.56. The van der Waals surface area contributed by atoms with Crippen LogP contribution in [0.15, 0.2) is 114 Å². The van der Waals surface area contributed by atoms with Crippen molar-refractivity contribution >= 4 is 44.7 Å². The third-order valence-corrected chi connectivity index (χ3v) is 6.50. The molecule has 4 aromatic carbocycles. The third kappa shape index (κ3) is 3.27. The molecule has 1 N–H and O–H groups in total. The number of allylic oxidation sites excluding steroid dienone is 7. The number of hydrogen-bond acceptors (Lipinski definition) is 4. The number of ketones is 3. The molecule has 0 aliphatic heterocycles. The first-order valence-corrected chi connectivity index (χ1v) is 11.2. The van der Waals surface area contributed by atoms with E-state index in [-0.39, 0.29) is 34.3 Å². The lowest BCUT2D eigenvalue weighted by atomic mass is 10.0. The Morgan fingerprint density at radius 1 is 0.543 bits per heavy atom. The lowest BCUT2D eigenvalue weighted by Crippen LogP contribution is -1.99. The van der Waals surface area contributed by atoms with Crippen molar-refractivity contribution in [2.45, 2.75) is 0 Å². The molecule has 2 aliphatic carbocycles. The largest absolute Gasteiger partial charge is 0.507 e. The van der Waals surface area contributed by atoms with Crippen LogP contribution in [0.25, 0.3) is 27.3 Å². The van der Waals surface area contributed by atoms with Crippen molar-refractivity contribution in [3.05, 3.63) is 137 Å². The van der Waals surface area contributed by atoms with Gasteiger partial charge in [-0.25, -0.2) is 0 Å². The standard InChI is InChI=1S/C31H18O4/c32-28-22(29(33)25-15-19-9-5-4-8-18(19)14-24(25)28)12-2-1-3-13-23-30(34)26-16-20-10-6-7-11-21(20)17-27(26)31(23)35/h1-17,32H/b3-1+,12-2+. The van der Waals surface area contributed by atoms with E-state index >= 15 is 0 Å². The van der Waals surface area contributed by atoms with Crippen LogP contribution in [0, 0.1) is 0 Å². The van der Waals surface area contributed by atoms with Crippen LogP contribution in [0.5, 0.6) is 0 Å². The minimum Gasteiger partial charge on any atom is -0.507 e. The Bertz CT molecular complexity index is 1690. The smallest absolute Gasteiger partial charge is 0.197 e. The molecule has 4 aromatic rings. The first-order chi connectivity index (χ1) is 17.0. The Morgan fingerprint density at radius 2 is 1.00 bits per heavy atom. The van der Waals surface area contributed by atoms with E-state index in [1.165, 1.54) is 12.2 Å². The molecule has 4 nitrogen and oxygen atoms in total. The third-order valence-electron chi connectivity index (χ3n) is 6.50. The summed E-state index contributed by atoms with van der Waals surface area (Å²) in [6.45, 7) is 0. The maximum atomic E-state index is 12.8. The molecular formula is C31H18O4. The van der Waals surface area contributed by atoms with Crippen LogP contribution in [0.2, 0.25) is 0 Å². The van der Waals surface area contributed by atoms with E-state index in [0.717, 1.165) is 21.5 Å². The summed E-state index contributed by atoms with van der Waals surface area (Å²) in [7, 11) is 0. The average molecular weight is 454 g/mol. The van der Waals surface area contributed by atoms with E-state index in [9.17, 15) is 19.5 Å². The van der Waals surface area contributed by atoms with Gasteiger partial charge >= 0.3 is 0 Å². The van der Waals surface area contributed by atoms with Gasteiger partial charge in [0.1, 0.15) is 5.76 Å². The molecule has 0 saturated heterocycles. The molecule has 166 valence electrons. The molecule has 0 spiro atoms. The quantitative estimate of drug-likeness (QED) is 0.216. The van der Waals surface area contributed by atoms with Crippen LogP contribution in [0.4, 0.5) is 0 Å². The minimum absolute atomic E-state index is 0.0533. The average Bonchev–Trinajstić information content (AvgIpc) is 3.25. The molecule has 0 bridgehead atoms. The summed E-state index contributed by atoms with van der Waals surface area (Å²) in [5.74, 6) is -0.881. The number of benzene rings is 4. The van der Waals surface area contributed by atoms with E-state index in [1.807, 2.05) is 54.6 Å². The van der Waals surface area contributed by atoms with Crippen molar-refractivity contribution in [3.8, 4) is 0 Å². The number of aliphatic hydroxyl groups is 1. The van der Waals surface area contributed by atoms with Gasteiger partial charge in [-0.3, -0.25) is 14.4 Å². The van der Waals surface area contributed by atoms with Gasteiger partial charge in [0.15, 0.2) is 17.3 Å². The van der Waals surface area contributed by atoms with E-state index in [2.05, 4.69) is 0 Å². The fourth-order valence-corrected chi connectivity index (χ4v) is 4.70. The van der Waals surface area contributed by atoms with Crippen molar-refractivity contribution in [1.82, 2.24) is 0 Å². The van der Waals surface area contributed by atoms with Crippen LogP contribution < -0.4 is 0 Å². The van der Waals surface area contributed by atoms with Crippen LogP contribution in [-0.4, -0.2) is 22.5 Å². The molecule has 0 saturated carbocycles. The zero-order valence-corrected chi connectivity index (χ0v) is 18.5. The summed E-state index contributed by atoms with van der Waals surface area (Å²) in [4.78, 5) is 38.5. The van der Waals surface area contributed by atoms with Gasteiger partial charge in [0, 0.05) is 22.3 Å². The lowest BCUT2D eigenvalue weighted by molar-refractivity contribution is 0.0986. The maximum absolute atomic E-state index is 12.8. The Morgan fingerprint density at radius 3 is 1.51 bits per heavy atom. The van der Waals surface area contributed by atoms with E-state index in [0.29, 0.717) is 22.3 Å². The fraction of sp³-hybridized carbons (Fsp3) is 0. The van der Waals surface area contributed by atoms with Crippen molar-refractivity contribution in [2.75, 3.05) is 0 Å². The zero-order valence-electron chi connectivity index (χ0n) is 18.5. The van der Waals surface area contributed by atoms with Crippen LogP contribution >= 0.6 is 0 Å². The number of fused-ring (bicyclic) bond motifs is 4. The van der Waals surface area contributed by atoms with Gasteiger partial charge in [-0.1, -0.05) is 66.8 Å². The van der Waals surface area contributed by atoms with E-state index < -0.39 is 0 Å². The summed E-state index contributed by atoms with van der Waals surface area (Å²) in [6, 6.07) is 22.4. The zero-order chi connectivity index (χ0) is 24.1. The maximum Gasteiger partial charge on any atom is 0.197 e. The highest BCUT2D eigenvalue weighted by Gasteiger charge is 2.33. The van der Waals surface area contributed by atoms with Gasteiger partial charge in [0.2, 0.25) is 0 Å². The lowest BCUT2D eigenvalue weighted by Gasteiger charge is -2.02. The Kier molecular flexibility index (Phi) is 4.68. The number of carbonyl (C=O) groups excluding carboxylic acids is 3. The number of rotatable bonds is 3.